The van der Waals surface area contributed by atoms with E-state index in [1.165, 1.54) is 19.3 Å². The molecule has 1 saturated carbocycles. The van der Waals surface area contributed by atoms with E-state index < -0.39 is 5.41 Å². The van der Waals surface area contributed by atoms with Gasteiger partial charge in [-0.3, -0.25) is 24.8 Å². The number of rotatable bonds is 2. The Morgan fingerprint density at radius 1 is 1.25 bits per heavy atom. The molecule has 1 unspecified atom stereocenters. The van der Waals surface area contributed by atoms with E-state index in [1.54, 1.807) is 11.1 Å². The molecule has 1 spiro atoms. The Labute approximate surface area is 140 Å². The monoisotopic (exact) mass is 330 g/mol. The number of likely N-dealkylation sites (tertiary alicyclic amines) is 1. The van der Waals surface area contributed by atoms with E-state index in [2.05, 4.69) is 15.5 Å². The zero-order chi connectivity index (χ0) is 16.7. The highest BCUT2D eigenvalue weighted by molar-refractivity contribution is 6.07. The number of nitrogens with zero attached hydrogens (tertiary/aromatic N) is 2. The van der Waals surface area contributed by atoms with Crippen LogP contribution in [0.1, 0.15) is 66.9 Å². The van der Waals surface area contributed by atoms with Gasteiger partial charge >= 0.3 is 0 Å². The molecule has 2 aliphatic heterocycles. The van der Waals surface area contributed by atoms with Crippen LogP contribution in [0.5, 0.6) is 0 Å². The van der Waals surface area contributed by atoms with Crippen molar-refractivity contribution in [2.75, 3.05) is 13.1 Å². The molecule has 1 aromatic heterocycles. The first-order valence-electron chi connectivity index (χ1n) is 8.76. The van der Waals surface area contributed by atoms with E-state index >= 15 is 0 Å². The van der Waals surface area contributed by atoms with Gasteiger partial charge in [0.25, 0.3) is 5.91 Å². The third kappa shape index (κ3) is 2.42. The number of hydrogen-bond acceptors (Lipinski definition) is 4. The molecule has 1 atom stereocenters. The molecule has 2 saturated heterocycles. The van der Waals surface area contributed by atoms with Gasteiger partial charge in [0.15, 0.2) is 0 Å². The quantitative estimate of drug-likeness (QED) is 0.800. The minimum atomic E-state index is -0.721. The SMILES string of the molecule is O=C1CC2(CCN(C(=O)c3cn[nH]c3C3CCCCC3)C2)C(=O)N1. The number of imide groups is 1. The summed E-state index contributed by atoms with van der Waals surface area (Å²) in [5, 5.41) is 9.50. The lowest BCUT2D eigenvalue weighted by atomic mass is 9.85. The fourth-order valence-electron chi connectivity index (χ4n) is 4.41. The predicted molar refractivity (Wildman–Crippen MR) is 85.1 cm³/mol. The highest BCUT2D eigenvalue weighted by Gasteiger charge is 2.52. The van der Waals surface area contributed by atoms with Crippen molar-refractivity contribution >= 4 is 17.7 Å². The molecule has 3 heterocycles. The van der Waals surface area contributed by atoms with E-state index in [1.807, 2.05) is 0 Å². The van der Waals surface area contributed by atoms with Crippen molar-refractivity contribution in [3.63, 3.8) is 0 Å². The number of nitrogens with one attached hydrogen (secondary N) is 2. The smallest absolute Gasteiger partial charge is 0.257 e. The van der Waals surface area contributed by atoms with Crippen molar-refractivity contribution in [1.29, 1.82) is 0 Å². The Balaban J connectivity index is 1.52. The van der Waals surface area contributed by atoms with Gasteiger partial charge in [-0.1, -0.05) is 19.3 Å². The zero-order valence-corrected chi connectivity index (χ0v) is 13.6. The van der Waals surface area contributed by atoms with Gasteiger partial charge in [0.2, 0.25) is 11.8 Å². The molecular weight excluding hydrogens is 308 g/mol. The molecule has 3 amide bonds. The third-order valence-electron chi connectivity index (χ3n) is 5.79. The van der Waals surface area contributed by atoms with Gasteiger partial charge in [-0.05, 0) is 19.3 Å². The summed E-state index contributed by atoms with van der Waals surface area (Å²) in [4.78, 5) is 38.3. The van der Waals surface area contributed by atoms with Crippen LogP contribution < -0.4 is 5.32 Å². The second-order valence-corrected chi connectivity index (χ2v) is 7.34. The molecule has 3 fully saturated rings. The van der Waals surface area contributed by atoms with E-state index in [0.29, 0.717) is 31.0 Å². The van der Waals surface area contributed by atoms with Gasteiger partial charge in [-0.2, -0.15) is 5.10 Å². The van der Waals surface area contributed by atoms with Crippen LogP contribution in [0.25, 0.3) is 0 Å². The molecule has 0 bridgehead atoms. The largest absolute Gasteiger partial charge is 0.337 e. The second-order valence-electron chi connectivity index (χ2n) is 7.34. The predicted octanol–water partition coefficient (Wildman–Crippen LogP) is 1.34. The van der Waals surface area contributed by atoms with Crippen molar-refractivity contribution in [3.05, 3.63) is 17.5 Å². The molecule has 0 aromatic carbocycles. The zero-order valence-electron chi connectivity index (χ0n) is 13.6. The van der Waals surface area contributed by atoms with Gasteiger partial charge < -0.3 is 4.90 Å². The molecular formula is C17H22N4O3. The van der Waals surface area contributed by atoms with Crippen LogP contribution in [-0.4, -0.2) is 45.9 Å². The number of H-pyrrole nitrogens is 1. The Bertz CT molecular complexity index is 692. The maximum absolute atomic E-state index is 12.9. The van der Waals surface area contributed by atoms with E-state index in [4.69, 9.17) is 0 Å². The average molecular weight is 330 g/mol. The van der Waals surface area contributed by atoms with Crippen molar-refractivity contribution in [2.45, 2.75) is 50.9 Å². The van der Waals surface area contributed by atoms with Crippen LogP contribution in [0.2, 0.25) is 0 Å². The first-order chi connectivity index (χ1) is 11.6. The summed E-state index contributed by atoms with van der Waals surface area (Å²) < 4.78 is 0. The standard InChI is InChI=1S/C17H22N4O3/c22-13-8-17(16(24)19-13)6-7-21(10-17)15(23)12-9-18-20-14(12)11-4-2-1-3-5-11/h9,11H,1-8,10H2,(H,18,20)(H,19,22,24). The molecule has 128 valence electrons. The first-order valence-corrected chi connectivity index (χ1v) is 8.76. The fraction of sp³-hybridized carbons (Fsp3) is 0.647. The molecule has 24 heavy (non-hydrogen) atoms. The topological polar surface area (TPSA) is 95.2 Å². The lowest BCUT2D eigenvalue weighted by molar-refractivity contribution is -0.128. The Morgan fingerprint density at radius 3 is 2.75 bits per heavy atom. The number of amides is 3. The number of carbonyl (C=O) groups is 3. The summed E-state index contributed by atoms with van der Waals surface area (Å²) in [5.74, 6) is -0.176. The molecule has 0 radical (unpaired) electrons. The Hall–Kier alpha value is -2.18. The van der Waals surface area contributed by atoms with Gasteiger partial charge in [-0.25, -0.2) is 0 Å². The molecule has 7 heteroatoms. The summed E-state index contributed by atoms with van der Waals surface area (Å²) in [7, 11) is 0. The fourth-order valence-corrected chi connectivity index (χ4v) is 4.41. The highest BCUT2D eigenvalue weighted by atomic mass is 16.2. The molecule has 3 aliphatic rings. The van der Waals surface area contributed by atoms with Gasteiger partial charge in [0.05, 0.1) is 22.9 Å². The Kier molecular flexibility index (Phi) is 3.66. The van der Waals surface area contributed by atoms with Crippen molar-refractivity contribution in [2.24, 2.45) is 5.41 Å². The summed E-state index contributed by atoms with van der Waals surface area (Å²) in [6, 6.07) is 0. The highest BCUT2D eigenvalue weighted by Crippen LogP contribution is 2.39. The van der Waals surface area contributed by atoms with Crippen LogP contribution in [0.4, 0.5) is 0 Å². The third-order valence-corrected chi connectivity index (χ3v) is 5.79. The van der Waals surface area contributed by atoms with Crippen LogP contribution in [0, 0.1) is 5.41 Å². The number of aromatic nitrogens is 2. The minimum absolute atomic E-state index is 0.0756. The summed E-state index contributed by atoms with van der Waals surface area (Å²) in [6.45, 7) is 0.827. The minimum Gasteiger partial charge on any atom is -0.337 e. The van der Waals surface area contributed by atoms with Crippen molar-refractivity contribution in [1.82, 2.24) is 20.4 Å². The first kappa shape index (κ1) is 15.4. The van der Waals surface area contributed by atoms with Gasteiger partial charge in [0, 0.05) is 25.4 Å². The van der Waals surface area contributed by atoms with Crippen molar-refractivity contribution < 1.29 is 14.4 Å². The van der Waals surface area contributed by atoms with Gasteiger partial charge in [-0.15, -0.1) is 0 Å². The van der Waals surface area contributed by atoms with Crippen LogP contribution in [0.3, 0.4) is 0 Å². The second kappa shape index (κ2) is 5.72. The van der Waals surface area contributed by atoms with E-state index in [0.717, 1.165) is 18.5 Å². The lowest BCUT2D eigenvalue weighted by Crippen LogP contribution is -2.37. The lowest BCUT2D eigenvalue weighted by Gasteiger charge is -2.23. The van der Waals surface area contributed by atoms with Gasteiger partial charge in [0.1, 0.15) is 0 Å². The molecule has 2 N–H and O–H groups in total. The summed E-state index contributed by atoms with van der Waals surface area (Å²) in [6.07, 6.45) is 8.15. The van der Waals surface area contributed by atoms with Crippen LogP contribution >= 0.6 is 0 Å². The molecule has 1 aliphatic carbocycles. The van der Waals surface area contributed by atoms with Crippen molar-refractivity contribution in [3.8, 4) is 0 Å². The normalized spacial score (nSPS) is 27.9. The maximum atomic E-state index is 12.9. The average Bonchev–Trinajstić information content (AvgIpc) is 3.28. The summed E-state index contributed by atoms with van der Waals surface area (Å²) in [5.41, 5.74) is 0.845. The van der Waals surface area contributed by atoms with E-state index in [9.17, 15) is 14.4 Å². The van der Waals surface area contributed by atoms with Crippen LogP contribution in [0.15, 0.2) is 6.20 Å². The number of aromatic amines is 1. The number of hydrogen-bond donors (Lipinski definition) is 2. The van der Waals surface area contributed by atoms with Crippen LogP contribution in [-0.2, 0) is 9.59 Å². The summed E-state index contributed by atoms with van der Waals surface area (Å²) >= 11 is 0. The molecule has 7 nitrogen and oxygen atoms in total. The Morgan fingerprint density at radius 2 is 2.04 bits per heavy atom. The van der Waals surface area contributed by atoms with E-state index in [-0.39, 0.29) is 24.1 Å². The number of carbonyl (C=O) groups excluding carboxylic acids is 3. The molecule has 1 aromatic rings. The maximum Gasteiger partial charge on any atom is 0.257 e. The molecule has 4 rings (SSSR count).